The summed E-state index contributed by atoms with van der Waals surface area (Å²) in [5.74, 6) is 1.20. The molecule has 0 radical (unpaired) electrons. The third kappa shape index (κ3) is 23.0. The molecular weight excluding hydrogens is 1830 g/mol. The molecule has 10 aromatic carbocycles. The first kappa shape index (κ1) is 102. The maximum Gasteiger partial charge on any atom is 0.187 e. The van der Waals surface area contributed by atoms with E-state index in [4.69, 9.17) is 52.7 Å². The van der Waals surface area contributed by atoms with Gasteiger partial charge in [-0.3, -0.25) is 53.3 Å². The molecule has 15 aromatic rings. The molecule has 0 saturated carbocycles. The molecule has 5 saturated heterocycles. The Morgan fingerprint density at radius 3 is 0.958 bits per heavy atom. The molecule has 0 spiro atoms. The number of fused-ring (bicyclic) bond motifs is 5. The summed E-state index contributed by atoms with van der Waals surface area (Å²) >= 11 is 18.3. The molecule has 5 aromatic heterocycles. The number of ether oxygens (including phenoxy) is 1. The minimum atomic E-state index is -0.376. The van der Waals surface area contributed by atoms with Gasteiger partial charge in [0.25, 0.3) is 0 Å². The molecule has 5 aliphatic heterocycles. The normalized spacial score (nSPS) is 15.0. The molecule has 0 bridgehead atoms. The fourth-order valence-electron chi connectivity index (χ4n) is 21.5. The van der Waals surface area contributed by atoms with E-state index in [1.807, 2.05) is 191 Å². The third-order valence-corrected chi connectivity index (χ3v) is 29.4. The predicted molar refractivity (Wildman–Crippen MR) is 576 cm³/mol. The zero-order valence-electron chi connectivity index (χ0n) is 83.1. The molecule has 5 aliphatic rings. The van der Waals surface area contributed by atoms with E-state index in [2.05, 4.69) is 110 Å². The van der Waals surface area contributed by atoms with Crippen LogP contribution >= 0.6 is 34.8 Å². The Bertz CT molecular complexity index is 7000. The Hall–Kier alpha value is -12.7. The van der Waals surface area contributed by atoms with Gasteiger partial charge in [0, 0.05) is 139 Å². The Kier molecular flexibility index (Phi) is 33.8. The second kappa shape index (κ2) is 47.0. The van der Waals surface area contributed by atoms with Crippen molar-refractivity contribution in [1.82, 2.24) is 47.3 Å². The van der Waals surface area contributed by atoms with Crippen molar-refractivity contribution in [3.8, 4) is 34.2 Å². The second-order valence-electron chi connectivity index (χ2n) is 38.2. The molecule has 0 unspecified atom stereocenters. The van der Waals surface area contributed by atoms with Crippen molar-refractivity contribution in [2.45, 2.75) is 165 Å². The van der Waals surface area contributed by atoms with E-state index in [9.17, 15) is 33.2 Å². The van der Waals surface area contributed by atoms with Gasteiger partial charge < -0.3 is 27.6 Å². The zero-order chi connectivity index (χ0) is 99.9. The first-order valence-electron chi connectivity index (χ1n) is 50.3. The van der Waals surface area contributed by atoms with Crippen LogP contribution in [0, 0.1) is 60.5 Å². The van der Waals surface area contributed by atoms with Gasteiger partial charge in [-0.05, 0) is 328 Å². The molecule has 142 heavy (non-hydrogen) atoms. The average Bonchev–Trinajstić information content (AvgIpc) is 1.60. The van der Waals surface area contributed by atoms with Crippen molar-refractivity contribution in [3.05, 3.63) is 329 Å². The first-order valence-corrected chi connectivity index (χ1v) is 51.4. The van der Waals surface area contributed by atoms with Crippen LogP contribution in [0.1, 0.15) is 218 Å². The van der Waals surface area contributed by atoms with E-state index in [0.29, 0.717) is 87.6 Å². The van der Waals surface area contributed by atoms with Crippen LogP contribution < -0.4 is 4.74 Å². The van der Waals surface area contributed by atoms with E-state index in [0.717, 1.165) is 226 Å². The van der Waals surface area contributed by atoms with E-state index >= 15 is 0 Å². The number of rotatable bonds is 24. The average molecular weight is 1960 g/mol. The summed E-state index contributed by atoms with van der Waals surface area (Å²) in [4.78, 5) is 97.0. The largest absolute Gasteiger partial charge is 0.497 e. The summed E-state index contributed by atoms with van der Waals surface area (Å²) in [5, 5.41) is 6.39. The highest BCUT2D eigenvalue weighted by molar-refractivity contribution is 6.31. The third-order valence-electron chi connectivity index (χ3n) is 28.7. The summed E-state index contributed by atoms with van der Waals surface area (Å²) in [6.45, 7) is 42.5. The number of benzene rings is 10. The van der Waals surface area contributed by atoms with Gasteiger partial charge in [-0.15, -0.1) is 0 Å². The summed E-state index contributed by atoms with van der Waals surface area (Å²) < 4.78 is 30.7. The number of aryl methyl sites for hydroxylation is 2. The van der Waals surface area contributed by atoms with Crippen molar-refractivity contribution >= 4 is 135 Å². The Balaban J connectivity index is 0.000000128. The van der Waals surface area contributed by atoms with Gasteiger partial charge >= 0.3 is 0 Å². The van der Waals surface area contributed by atoms with Gasteiger partial charge in [-0.25, -0.2) is 14.1 Å². The van der Waals surface area contributed by atoms with Gasteiger partial charge in [-0.1, -0.05) is 147 Å². The minimum Gasteiger partial charge on any atom is -0.497 e. The fourth-order valence-corrected chi connectivity index (χ4v) is 21.9. The molecule has 10 heterocycles. The smallest absolute Gasteiger partial charge is 0.187 e. The molecule has 0 atom stereocenters. The van der Waals surface area contributed by atoms with Crippen molar-refractivity contribution < 1.29 is 37.9 Å². The summed E-state index contributed by atoms with van der Waals surface area (Å²) in [5.41, 5.74) is 22.0. The van der Waals surface area contributed by atoms with Crippen LogP contribution in [0.4, 0.5) is 15.8 Å². The van der Waals surface area contributed by atoms with Gasteiger partial charge in [0.1, 0.15) is 11.6 Å². The Labute approximate surface area is 847 Å². The van der Waals surface area contributed by atoms with Crippen LogP contribution in [-0.2, 0) is 6.42 Å². The number of methoxy groups -OCH3 is 1. The lowest BCUT2D eigenvalue weighted by molar-refractivity contribution is 0.0908. The summed E-state index contributed by atoms with van der Waals surface area (Å²) in [6.07, 6.45) is 19.3. The first-order chi connectivity index (χ1) is 68.8. The number of carbonyl (C=O) groups excluding carboxylic acids is 6. The van der Waals surface area contributed by atoms with E-state index in [-0.39, 0.29) is 40.5 Å². The number of hydrogen-bond donors (Lipinski definition) is 0. The van der Waals surface area contributed by atoms with Crippen LogP contribution in [-0.4, -0.2) is 187 Å². The maximum atomic E-state index is 14.8. The Morgan fingerprint density at radius 1 is 0.324 bits per heavy atom. The van der Waals surface area contributed by atoms with Crippen LogP contribution in [0.15, 0.2) is 212 Å². The van der Waals surface area contributed by atoms with Gasteiger partial charge in [-0.2, -0.15) is 0 Å². The van der Waals surface area contributed by atoms with Crippen molar-refractivity contribution in [2.75, 3.05) is 105 Å². The van der Waals surface area contributed by atoms with Gasteiger partial charge in [0.15, 0.2) is 46.1 Å². The highest BCUT2D eigenvalue weighted by Crippen LogP contribution is 2.40. The van der Waals surface area contributed by atoms with Gasteiger partial charge in [0.05, 0.1) is 86.1 Å². The predicted octanol–water partition coefficient (Wildman–Crippen LogP) is 27.7. The van der Waals surface area contributed by atoms with Crippen molar-refractivity contribution in [1.29, 1.82) is 0 Å². The monoisotopic (exact) mass is 1960 g/mol. The molecule has 732 valence electrons. The minimum absolute atomic E-state index is 0.0361. The molecular formula is C119H126Cl3FN12O7. The van der Waals surface area contributed by atoms with Crippen LogP contribution in [0.2, 0.25) is 15.1 Å². The number of ketones is 6. The number of nitrogens with zero attached hydrogens (tertiary/aromatic N) is 12. The molecule has 20 rings (SSSR count). The number of hydrogen-bond acceptors (Lipinski definition) is 12. The number of halogens is 4. The molecule has 23 heteroatoms. The number of carbonyl (C=O) groups is 6. The van der Waals surface area contributed by atoms with Crippen LogP contribution in [0.5, 0.6) is 5.75 Å². The van der Waals surface area contributed by atoms with Crippen LogP contribution in [0.3, 0.4) is 0 Å². The zero-order valence-corrected chi connectivity index (χ0v) is 85.3. The molecule has 5 fully saturated rings. The lowest BCUT2D eigenvalue weighted by Crippen LogP contribution is -2.34. The number of piperidine rings is 5. The number of Topliss-reactive ketones (excluding diaryl/α,β-unsaturated/α-hetero) is 6. The SMILES string of the molecule is CCC(=O)c1ccc2c(C(=O)CN3CCCCC3)c(C)n(-c3ccc(Cl)cc3)c2c1.CCc1ccc2c(C(=O)CN3CCCCC3)c(C)n(-c3ccc(Cl)cc3)c2c1.COc1ccc2c(C(=O)CN3CCCCC3)c(C)n(-c3ccc(Cl)cc3)c2c1.[C-]#[N+]c1ccc(-n2c(C)c(C(=O)CN3CCCCC3)c3c(F)cccc32)cc1.[C-]#[N+]c1ccc(-n2c(C)c(C(=O)CN3CCCCC3)c3ccc(C)cc32)cc1. The van der Waals surface area contributed by atoms with Crippen LogP contribution in [0.25, 0.3) is 92.6 Å². The lowest BCUT2D eigenvalue weighted by Gasteiger charge is -2.25. The number of likely N-dealkylation sites (tertiary alicyclic amines) is 5. The quantitative estimate of drug-likeness (QED) is 0.0416. The maximum absolute atomic E-state index is 14.8. The second-order valence-corrected chi connectivity index (χ2v) is 39.5. The Morgan fingerprint density at radius 2 is 0.620 bits per heavy atom. The molecule has 0 amide bonds. The molecule has 19 nitrogen and oxygen atoms in total. The standard InChI is InChI=1S/C25H27ClN2O2.C24H27ClN2O.C24H25N3O.C23H25ClN2O2.C23H22FN3O/c1-3-23(29)18-7-12-21-22(15-18)28(20-10-8-19(26)9-11-20)17(2)25(21)24(30)16-27-13-5-4-6-14-27;1-3-18-7-12-21-22(15-18)27(20-10-8-19(25)9-11-20)17(2)24(21)23(28)16-26-13-5-4-6-14-26;1-17-7-12-21-22(15-17)27(20-10-8-19(25-3)9-11-20)18(2)24(21)23(28)16-26-13-5-4-6-14-26;1-16-23(22(27)15-25-12-4-3-5-13-25)20-11-10-19(28-2)14-21(20)26(16)18-8-6-17(24)7-9-18;1-16-22(21(28)15-26-13-4-3-5-14-26)23-19(24)7-6-8-20(23)27(16)18-11-9-17(25-2)10-12-18/h7-12,15H,3-6,13-14,16H2,1-2H3;7-12,15H,3-6,13-14,16H2,1-2H3;7-12,15H,4-6,13-14,16H2,1-2H3;6-11,14H,3-5,12-13,15H2,1-2H3;6-12H,3-5,13-15H2,1H3. The lowest BCUT2D eigenvalue weighted by atomic mass is 10.0. The topological polar surface area (TPSA) is 161 Å². The fraction of sp³-hybridized carbons (Fsp3) is 0.345. The summed E-state index contributed by atoms with van der Waals surface area (Å²) in [7, 11) is 1.66. The van der Waals surface area contributed by atoms with Crippen molar-refractivity contribution in [2.24, 2.45) is 0 Å². The van der Waals surface area contributed by atoms with Crippen molar-refractivity contribution in [3.63, 3.8) is 0 Å². The van der Waals surface area contributed by atoms with E-state index in [1.54, 1.807) is 25.3 Å². The molecule has 0 aliphatic carbocycles. The van der Waals surface area contributed by atoms with E-state index in [1.165, 1.54) is 87.8 Å². The highest BCUT2D eigenvalue weighted by Gasteiger charge is 2.32. The number of aromatic nitrogens is 5. The van der Waals surface area contributed by atoms with E-state index < -0.39 is 0 Å². The summed E-state index contributed by atoms with van der Waals surface area (Å²) in [6, 6.07) is 67.2. The molecule has 0 N–H and O–H groups in total. The highest BCUT2D eigenvalue weighted by atomic mass is 35.5. The van der Waals surface area contributed by atoms with Gasteiger partial charge in [0.2, 0.25) is 0 Å².